The number of hydrogen-bond donors (Lipinski definition) is 3. The predicted octanol–water partition coefficient (Wildman–Crippen LogP) is 2.65. The number of benzene rings is 1. The molecule has 0 aliphatic carbocycles. The van der Waals surface area contributed by atoms with Crippen molar-refractivity contribution in [1.82, 2.24) is 4.98 Å². The molecule has 1 aromatic carbocycles. The minimum Gasteiger partial charge on any atom is -0.399 e. The van der Waals surface area contributed by atoms with E-state index < -0.39 is 0 Å². The third-order valence-corrected chi connectivity index (χ3v) is 2.54. The number of nitrogens with one attached hydrogen (secondary N) is 1. The second-order valence-corrected chi connectivity index (χ2v) is 4.12. The molecule has 2 aromatic rings. The zero-order valence-electron chi connectivity index (χ0n) is 10.3. The molecular weight excluding hydrogens is 224 g/mol. The Balaban J connectivity index is 2.39. The summed E-state index contributed by atoms with van der Waals surface area (Å²) in [5.41, 5.74) is 15.3. The molecule has 0 saturated heterocycles. The van der Waals surface area contributed by atoms with Crippen molar-refractivity contribution in [1.29, 1.82) is 0 Å². The van der Waals surface area contributed by atoms with E-state index in [0.717, 1.165) is 22.8 Å². The number of rotatable bonds is 3. The fraction of sp³-hybridized carbons (Fsp3) is 0.0714. The number of pyridine rings is 1. The van der Waals surface area contributed by atoms with Gasteiger partial charge in [-0.15, -0.1) is 0 Å². The van der Waals surface area contributed by atoms with Crippen molar-refractivity contribution in [3.8, 4) is 0 Å². The van der Waals surface area contributed by atoms with Gasteiger partial charge < -0.3 is 16.8 Å². The van der Waals surface area contributed by atoms with Crippen LogP contribution in [-0.2, 0) is 0 Å². The molecule has 18 heavy (non-hydrogen) atoms. The van der Waals surface area contributed by atoms with Crippen LogP contribution in [0.5, 0.6) is 0 Å². The summed E-state index contributed by atoms with van der Waals surface area (Å²) in [6, 6.07) is 11.2. The maximum atomic E-state index is 5.78. The Bertz CT molecular complexity index is 590. The van der Waals surface area contributed by atoms with E-state index in [9.17, 15) is 0 Å². The van der Waals surface area contributed by atoms with Gasteiger partial charge in [-0.05, 0) is 37.3 Å². The van der Waals surface area contributed by atoms with E-state index >= 15 is 0 Å². The Morgan fingerprint density at radius 3 is 2.72 bits per heavy atom. The molecule has 2 rings (SSSR count). The first-order valence-corrected chi connectivity index (χ1v) is 5.61. The summed E-state index contributed by atoms with van der Waals surface area (Å²) < 4.78 is 0. The van der Waals surface area contributed by atoms with Crippen molar-refractivity contribution >= 4 is 22.9 Å². The van der Waals surface area contributed by atoms with Gasteiger partial charge in [0.2, 0.25) is 0 Å². The third-order valence-electron chi connectivity index (χ3n) is 2.54. The highest BCUT2D eigenvalue weighted by atomic mass is 15.0. The first-order chi connectivity index (χ1) is 8.56. The second kappa shape index (κ2) is 4.79. The Hall–Kier alpha value is -2.49. The highest BCUT2D eigenvalue weighted by Gasteiger charge is 2.05. The number of nitrogen functional groups attached to an aromatic ring is 1. The molecular formula is C14H16N4. The van der Waals surface area contributed by atoms with Crippen LogP contribution < -0.4 is 16.8 Å². The number of aryl methyl sites for hydroxylation is 1. The Morgan fingerprint density at radius 1 is 1.28 bits per heavy atom. The zero-order valence-corrected chi connectivity index (χ0v) is 10.3. The van der Waals surface area contributed by atoms with Crippen LogP contribution in [0.3, 0.4) is 0 Å². The number of nitrogens with two attached hydrogens (primary N) is 2. The monoisotopic (exact) mass is 240 g/mol. The average molecular weight is 240 g/mol. The highest BCUT2D eigenvalue weighted by Crippen LogP contribution is 2.25. The van der Waals surface area contributed by atoms with Crippen molar-refractivity contribution < 1.29 is 0 Å². The van der Waals surface area contributed by atoms with E-state index in [0.29, 0.717) is 11.4 Å². The highest BCUT2D eigenvalue weighted by molar-refractivity contribution is 5.78. The first-order valence-electron chi connectivity index (χ1n) is 5.61. The van der Waals surface area contributed by atoms with Crippen molar-refractivity contribution in [2.24, 2.45) is 5.73 Å². The van der Waals surface area contributed by atoms with Crippen LogP contribution in [-0.4, -0.2) is 4.98 Å². The molecule has 0 unspecified atom stereocenters. The predicted molar refractivity (Wildman–Crippen MR) is 76.3 cm³/mol. The van der Waals surface area contributed by atoms with Crippen molar-refractivity contribution in [3.63, 3.8) is 0 Å². The van der Waals surface area contributed by atoms with Gasteiger partial charge in [-0.25, -0.2) is 4.98 Å². The van der Waals surface area contributed by atoms with Crippen LogP contribution in [0.2, 0.25) is 0 Å². The summed E-state index contributed by atoms with van der Waals surface area (Å²) in [6.45, 7) is 5.69. The van der Waals surface area contributed by atoms with Gasteiger partial charge in [-0.2, -0.15) is 0 Å². The van der Waals surface area contributed by atoms with Gasteiger partial charge in [0.25, 0.3) is 0 Å². The van der Waals surface area contributed by atoms with Gasteiger partial charge in [0.15, 0.2) is 0 Å². The first kappa shape index (κ1) is 12.0. The Labute approximate surface area is 106 Å². The molecule has 1 aromatic heterocycles. The minimum absolute atomic E-state index is 0.491. The van der Waals surface area contributed by atoms with Gasteiger partial charge in [0.1, 0.15) is 5.82 Å². The SMILES string of the molecule is C=C(N)c1ccc(N)cc1Nc1cccc(C)n1. The van der Waals surface area contributed by atoms with E-state index in [4.69, 9.17) is 11.5 Å². The summed E-state index contributed by atoms with van der Waals surface area (Å²) in [4.78, 5) is 4.38. The topological polar surface area (TPSA) is 77.0 Å². The molecule has 1 heterocycles. The Kier molecular flexibility index (Phi) is 3.19. The number of hydrogen-bond acceptors (Lipinski definition) is 4. The van der Waals surface area contributed by atoms with Gasteiger partial charge in [-0.1, -0.05) is 12.6 Å². The fourth-order valence-corrected chi connectivity index (χ4v) is 1.70. The van der Waals surface area contributed by atoms with Crippen molar-refractivity contribution in [3.05, 3.63) is 54.2 Å². The number of anilines is 3. The lowest BCUT2D eigenvalue weighted by Gasteiger charge is -2.12. The summed E-state index contributed by atoms with van der Waals surface area (Å²) in [5.74, 6) is 0.753. The molecule has 0 fully saturated rings. The Morgan fingerprint density at radius 2 is 2.06 bits per heavy atom. The molecule has 4 heteroatoms. The summed E-state index contributed by atoms with van der Waals surface area (Å²) in [7, 11) is 0. The van der Waals surface area contributed by atoms with E-state index in [1.807, 2.05) is 37.3 Å². The lowest BCUT2D eigenvalue weighted by atomic mass is 10.1. The van der Waals surface area contributed by atoms with Crippen LogP contribution >= 0.6 is 0 Å². The summed E-state index contributed by atoms with van der Waals surface area (Å²) in [6.07, 6.45) is 0. The second-order valence-electron chi connectivity index (χ2n) is 4.12. The molecule has 92 valence electrons. The molecule has 4 nitrogen and oxygen atoms in total. The third kappa shape index (κ3) is 2.60. The molecule has 0 spiro atoms. The molecule has 0 saturated carbocycles. The maximum Gasteiger partial charge on any atom is 0.130 e. The van der Waals surface area contributed by atoms with Crippen molar-refractivity contribution in [2.75, 3.05) is 11.1 Å². The lowest BCUT2D eigenvalue weighted by Crippen LogP contribution is -2.02. The van der Waals surface area contributed by atoms with E-state index in [2.05, 4.69) is 16.9 Å². The normalized spacial score (nSPS) is 10.1. The smallest absolute Gasteiger partial charge is 0.130 e. The van der Waals surface area contributed by atoms with Crippen LogP contribution in [0.1, 0.15) is 11.3 Å². The van der Waals surface area contributed by atoms with Gasteiger partial charge in [0, 0.05) is 22.6 Å². The maximum absolute atomic E-state index is 5.78. The zero-order chi connectivity index (χ0) is 13.1. The fourth-order valence-electron chi connectivity index (χ4n) is 1.70. The van der Waals surface area contributed by atoms with Crippen LogP contribution in [0, 0.1) is 6.92 Å². The molecule has 0 radical (unpaired) electrons. The van der Waals surface area contributed by atoms with Gasteiger partial charge in [-0.3, -0.25) is 0 Å². The van der Waals surface area contributed by atoms with Gasteiger partial charge in [0.05, 0.1) is 5.69 Å². The largest absolute Gasteiger partial charge is 0.399 e. The van der Waals surface area contributed by atoms with Crippen LogP contribution in [0.15, 0.2) is 43.0 Å². The molecule has 0 atom stereocenters. The lowest BCUT2D eigenvalue weighted by molar-refractivity contribution is 1.20. The molecule has 0 amide bonds. The van der Waals surface area contributed by atoms with Gasteiger partial charge >= 0.3 is 0 Å². The minimum atomic E-state index is 0.491. The van der Waals surface area contributed by atoms with E-state index in [-0.39, 0.29) is 0 Å². The van der Waals surface area contributed by atoms with Crippen LogP contribution in [0.4, 0.5) is 17.2 Å². The van der Waals surface area contributed by atoms with E-state index in [1.54, 1.807) is 6.07 Å². The number of nitrogens with zero attached hydrogens (tertiary/aromatic N) is 1. The number of aromatic nitrogens is 1. The summed E-state index contributed by atoms with van der Waals surface area (Å²) >= 11 is 0. The average Bonchev–Trinajstić information content (AvgIpc) is 2.28. The van der Waals surface area contributed by atoms with E-state index in [1.165, 1.54) is 0 Å². The standard InChI is InChI=1S/C14H16N4/c1-9-4-3-5-14(17-9)18-13-8-11(16)6-7-12(13)10(2)15/h3-8H,2,15-16H2,1H3,(H,17,18). The van der Waals surface area contributed by atoms with Crippen LogP contribution in [0.25, 0.3) is 5.70 Å². The van der Waals surface area contributed by atoms with Crippen molar-refractivity contribution in [2.45, 2.75) is 6.92 Å². The molecule has 0 bridgehead atoms. The summed E-state index contributed by atoms with van der Waals surface area (Å²) in [5, 5.41) is 3.20. The quantitative estimate of drug-likeness (QED) is 0.721. The molecule has 0 aliphatic rings. The molecule has 5 N–H and O–H groups in total. The molecule has 0 aliphatic heterocycles.